The molecule has 2 aliphatic carbocycles. The Morgan fingerprint density at radius 3 is 1.52 bits per heavy atom. The van der Waals surface area contributed by atoms with E-state index in [1.807, 2.05) is 0 Å². The molecule has 2 amide bonds. The molecule has 18 heteroatoms. The minimum Gasteiger partial charge on any atom is -0.389 e. The molecule has 2 saturated carbocycles. The molecule has 17 nitrogen and oxygen atoms in total. The zero-order chi connectivity index (χ0) is 36.2. The summed E-state index contributed by atoms with van der Waals surface area (Å²) in [4.78, 5) is 29.8. The first-order chi connectivity index (χ1) is 25.0. The van der Waals surface area contributed by atoms with Crippen molar-refractivity contribution in [3.63, 3.8) is 0 Å². The van der Waals surface area contributed by atoms with Crippen LogP contribution in [0.5, 0.6) is 0 Å². The van der Waals surface area contributed by atoms with Crippen molar-refractivity contribution in [2.45, 2.75) is 88.5 Å². The number of carbonyl (C=O) groups excluding carboxylic acids is 2. The largest absolute Gasteiger partial charge is 0.701 e. The Balaban J connectivity index is 0.841. The second-order valence-electron chi connectivity index (χ2n) is 14.0. The number of para-hydroxylation sites is 2. The predicted octanol–water partition coefficient (Wildman–Crippen LogP) is 1.97. The molecule has 4 N–H and O–H groups in total. The molecule has 4 heterocycles. The van der Waals surface area contributed by atoms with Crippen molar-refractivity contribution < 1.29 is 43.6 Å². The molecule has 2 aromatic carbocycles. The molecule has 2 aliphatic heterocycles. The fourth-order valence-corrected chi connectivity index (χ4v) is 7.58. The van der Waals surface area contributed by atoms with Crippen molar-refractivity contribution in [2.24, 2.45) is 11.8 Å². The molecule has 272 valence electrons. The van der Waals surface area contributed by atoms with Crippen LogP contribution in [0.15, 0.2) is 60.9 Å². The van der Waals surface area contributed by atoms with Crippen LogP contribution in [0.25, 0.3) is 0 Å². The Morgan fingerprint density at radius 2 is 1.12 bits per heavy atom. The second kappa shape index (κ2) is 13.5. The van der Waals surface area contributed by atoms with Gasteiger partial charge < -0.3 is 30.2 Å². The van der Waals surface area contributed by atoms with Gasteiger partial charge in [0.05, 0.1) is 49.1 Å². The zero-order valence-electron chi connectivity index (χ0n) is 28.0. The molecule has 2 aromatic heterocycles. The highest BCUT2D eigenvalue weighted by Crippen LogP contribution is 2.48. The summed E-state index contributed by atoms with van der Waals surface area (Å²) >= 11 is 0. The number of benzene rings is 2. The maximum absolute atomic E-state index is 13.5. The van der Waals surface area contributed by atoms with Crippen molar-refractivity contribution >= 4 is 31.4 Å². The Morgan fingerprint density at radius 1 is 0.712 bits per heavy atom. The van der Waals surface area contributed by atoms with E-state index in [0.29, 0.717) is 58.6 Å². The Bertz CT molecular complexity index is 1880. The number of rotatable bonds is 16. The SMILES string of the molecule is O=C1N(Cc2cn(CO[P+](=O)OCn3cc(CN4C(=O)C(O)(C(O)CC5CC5)c5ccccc54)nn3)nn2)c2ccccc2C1(O)C(O)CC1CC1. The lowest BCUT2D eigenvalue weighted by molar-refractivity contribution is -0.151. The van der Waals surface area contributed by atoms with Crippen LogP contribution in [-0.4, -0.2) is 74.4 Å². The van der Waals surface area contributed by atoms with E-state index in [1.54, 1.807) is 48.5 Å². The Hall–Kier alpha value is -4.48. The van der Waals surface area contributed by atoms with Gasteiger partial charge in [0.25, 0.3) is 11.8 Å². The van der Waals surface area contributed by atoms with E-state index >= 15 is 0 Å². The van der Waals surface area contributed by atoms with Gasteiger partial charge in [0.15, 0.2) is 24.7 Å². The summed E-state index contributed by atoms with van der Waals surface area (Å²) in [6.07, 6.45) is 5.06. The van der Waals surface area contributed by atoms with Gasteiger partial charge >= 0.3 is 8.25 Å². The average molecular weight is 734 g/mol. The van der Waals surface area contributed by atoms with Crippen molar-refractivity contribution in [2.75, 3.05) is 9.80 Å². The number of carbonyl (C=O) groups is 2. The number of aliphatic hydroxyl groups is 4. The van der Waals surface area contributed by atoms with E-state index in [-0.39, 0.29) is 26.6 Å². The highest BCUT2D eigenvalue weighted by Gasteiger charge is 2.56. The lowest BCUT2D eigenvalue weighted by Gasteiger charge is -2.28. The summed E-state index contributed by atoms with van der Waals surface area (Å²) in [5, 5.41) is 60.9. The maximum atomic E-state index is 13.5. The summed E-state index contributed by atoms with van der Waals surface area (Å²) in [6, 6.07) is 13.6. The van der Waals surface area contributed by atoms with Gasteiger partial charge in [-0.25, -0.2) is 9.36 Å². The minimum absolute atomic E-state index is 0.0273. The highest BCUT2D eigenvalue weighted by molar-refractivity contribution is 7.33. The standard InChI is InChI=1S/C34H38N8O9P/c43-29(13-21-9-10-21)33(47)25-5-1-3-7-27(25)41(31(33)45)17-23-15-39(37-35-23)19-50-52(49)51-20-40-16-24(36-38-40)18-42-28-8-4-2-6-26(28)34(48,32(42)46)30(44)14-22-11-12-22/h1-8,15-16,21-22,29-30,43-44,47-48H,9-14,17-20H2/q+1. The number of nitrogens with zero attached hydrogens (tertiary/aromatic N) is 8. The summed E-state index contributed by atoms with van der Waals surface area (Å²) in [5.41, 5.74) is -1.73. The van der Waals surface area contributed by atoms with Gasteiger partial charge in [-0.05, 0) is 36.8 Å². The van der Waals surface area contributed by atoms with Gasteiger partial charge in [-0.2, -0.15) is 0 Å². The van der Waals surface area contributed by atoms with Crippen LogP contribution in [-0.2, 0) is 61.0 Å². The molecule has 2 fully saturated rings. The first-order valence-electron chi connectivity index (χ1n) is 17.2. The minimum atomic E-state index is -2.64. The summed E-state index contributed by atoms with van der Waals surface area (Å²) < 4.78 is 25.6. The van der Waals surface area contributed by atoms with Crippen LogP contribution >= 0.6 is 8.25 Å². The number of hydrogen-bond donors (Lipinski definition) is 4. The van der Waals surface area contributed by atoms with E-state index in [1.165, 1.54) is 31.6 Å². The van der Waals surface area contributed by atoms with Gasteiger partial charge in [0.1, 0.15) is 11.4 Å². The molecule has 4 aromatic rings. The van der Waals surface area contributed by atoms with E-state index in [4.69, 9.17) is 9.05 Å². The normalized spacial score (nSPS) is 24.0. The van der Waals surface area contributed by atoms with Crippen LogP contribution in [0.3, 0.4) is 0 Å². The average Bonchev–Trinajstić information content (AvgIpc) is 4.02. The van der Waals surface area contributed by atoms with Crippen LogP contribution < -0.4 is 9.80 Å². The Kier molecular flexibility index (Phi) is 8.98. The van der Waals surface area contributed by atoms with E-state index in [9.17, 15) is 34.6 Å². The first kappa shape index (κ1) is 34.6. The quantitative estimate of drug-likeness (QED) is 0.121. The van der Waals surface area contributed by atoms with Crippen molar-refractivity contribution in [3.05, 3.63) is 83.4 Å². The summed E-state index contributed by atoms with van der Waals surface area (Å²) in [5.74, 6) is -0.684. The third kappa shape index (κ3) is 6.32. The molecule has 0 saturated heterocycles. The first-order valence-corrected chi connectivity index (χ1v) is 18.3. The van der Waals surface area contributed by atoms with Crippen molar-refractivity contribution in [1.82, 2.24) is 30.0 Å². The number of anilines is 2. The van der Waals surface area contributed by atoms with Crippen LogP contribution in [0.1, 0.15) is 61.0 Å². The lowest BCUT2D eigenvalue weighted by atomic mass is 9.86. The van der Waals surface area contributed by atoms with Crippen molar-refractivity contribution in [3.8, 4) is 0 Å². The predicted molar refractivity (Wildman–Crippen MR) is 180 cm³/mol. The number of aliphatic hydroxyl groups excluding tert-OH is 2. The summed E-state index contributed by atoms with van der Waals surface area (Å²) in [6.45, 7) is -0.627. The monoisotopic (exact) mass is 733 g/mol. The fraction of sp³-hybridized carbons (Fsp3) is 0.471. The van der Waals surface area contributed by atoms with Gasteiger partial charge in [0.2, 0.25) is 0 Å². The van der Waals surface area contributed by atoms with Gasteiger partial charge in [0, 0.05) is 15.7 Å². The molecule has 4 atom stereocenters. The molecule has 4 aliphatic rings. The summed E-state index contributed by atoms with van der Waals surface area (Å²) in [7, 11) is -2.64. The number of hydrogen-bond acceptors (Lipinski definition) is 13. The van der Waals surface area contributed by atoms with Crippen LogP contribution in [0.4, 0.5) is 11.4 Å². The fourth-order valence-electron chi connectivity index (χ4n) is 7.08. The Labute approximate surface area is 298 Å². The lowest BCUT2D eigenvalue weighted by Crippen LogP contribution is -2.48. The molecular weight excluding hydrogens is 695 g/mol. The van der Waals surface area contributed by atoms with Gasteiger partial charge in [-0.15, -0.1) is 10.2 Å². The highest BCUT2D eigenvalue weighted by atomic mass is 31.1. The molecular formula is C34H38N8O9P+. The van der Waals surface area contributed by atoms with Crippen molar-refractivity contribution in [1.29, 1.82) is 0 Å². The third-order valence-electron chi connectivity index (χ3n) is 10.2. The zero-order valence-corrected chi connectivity index (χ0v) is 28.9. The van der Waals surface area contributed by atoms with E-state index in [2.05, 4.69) is 20.6 Å². The number of aromatic nitrogens is 6. The van der Waals surface area contributed by atoms with Gasteiger partial charge in [-0.1, -0.05) is 81.6 Å². The topological polar surface area (TPSA) is 218 Å². The molecule has 8 rings (SSSR count). The molecule has 4 unspecified atom stereocenters. The second-order valence-corrected chi connectivity index (χ2v) is 14.9. The van der Waals surface area contributed by atoms with E-state index < -0.39 is 43.5 Å². The molecule has 0 bridgehead atoms. The third-order valence-corrected chi connectivity index (χ3v) is 10.9. The van der Waals surface area contributed by atoms with Gasteiger partial charge in [-0.3, -0.25) is 9.59 Å². The number of fused-ring (bicyclic) bond motifs is 2. The van der Waals surface area contributed by atoms with Crippen LogP contribution in [0, 0.1) is 11.8 Å². The molecule has 0 spiro atoms. The molecule has 0 radical (unpaired) electrons. The smallest absolute Gasteiger partial charge is 0.389 e. The van der Waals surface area contributed by atoms with E-state index in [0.717, 1.165) is 25.7 Å². The molecule has 52 heavy (non-hydrogen) atoms. The number of amides is 2. The van der Waals surface area contributed by atoms with Crippen LogP contribution in [0.2, 0.25) is 0 Å². The maximum Gasteiger partial charge on any atom is 0.701 e.